The molecular weight excluding hydrogens is 266 g/mol. The molecule has 0 aliphatic carbocycles. The van der Waals surface area contributed by atoms with E-state index in [1.807, 2.05) is 56.3 Å². The minimum atomic E-state index is -0.457. The first kappa shape index (κ1) is 15.3. The third-order valence-corrected chi connectivity index (χ3v) is 2.97. The van der Waals surface area contributed by atoms with E-state index in [2.05, 4.69) is 5.32 Å². The molecule has 1 unspecified atom stereocenters. The topological polar surface area (TPSA) is 47.6 Å². The van der Waals surface area contributed by atoms with E-state index in [0.717, 1.165) is 16.5 Å². The van der Waals surface area contributed by atoms with Gasteiger partial charge in [-0.15, -0.1) is 0 Å². The average Bonchev–Trinajstić information content (AvgIpc) is 2.43. The van der Waals surface area contributed by atoms with Crippen LogP contribution in [0.25, 0.3) is 10.8 Å². The van der Waals surface area contributed by atoms with E-state index in [1.54, 1.807) is 0 Å². The standard InChI is InChI=1S/C17H21NO3/c1-12(2)18-17(21-13(3)19)11-20-16-10-6-8-14-7-4-5-9-15(14)16/h4-10,12,17-18H,11H2,1-3H3. The molecule has 0 aromatic heterocycles. The van der Waals surface area contributed by atoms with E-state index in [4.69, 9.17) is 9.47 Å². The molecule has 4 heteroatoms. The molecule has 0 aliphatic rings. The van der Waals surface area contributed by atoms with Crippen LogP contribution in [0.2, 0.25) is 0 Å². The SMILES string of the molecule is CC(=O)OC(COc1cccc2ccccc12)NC(C)C. The van der Waals surface area contributed by atoms with E-state index in [0.29, 0.717) is 0 Å². The number of hydrogen-bond donors (Lipinski definition) is 1. The highest BCUT2D eigenvalue weighted by Gasteiger charge is 2.14. The van der Waals surface area contributed by atoms with E-state index >= 15 is 0 Å². The van der Waals surface area contributed by atoms with Gasteiger partial charge in [-0.05, 0) is 25.3 Å². The summed E-state index contributed by atoms with van der Waals surface area (Å²) in [5.41, 5.74) is 0. The smallest absolute Gasteiger partial charge is 0.304 e. The van der Waals surface area contributed by atoms with Crippen molar-refractivity contribution in [3.05, 3.63) is 42.5 Å². The molecular formula is C17H21NO3. The van der Waals surface area contributed by atoms with Crippen LogP contribution in [-0.2, 0) is 9.53 Å². The molecule has 0 radical (unpaired) electrons. The molecule has 0 aliphatic heterocycles. The van der Waals surface area contributed by atoms with Crippen LogP contribution >= 0.6 is 0 Å². The van der Waals surface area contributed by atoms with Gasteiger partial charge < -0.3 is 9.47 Å². The summed E-state index contributed by atoms with van der Waals surface area (Å²) in [5, 5.41) is 5.33. The lowest BCUT2D eigenvalue weighted by molar-refractivity contribution is -0.150. The Morgan fingerprint density at radius 1 is 1.14 bits per heavy atom. The molecule has 112 valence electrons. The average molecular weight is 287 g/mol. The fourth-order valence-electron chi connectivity index (χ4n) is 2.18. The summed E-state index contributed by atoms with van der Waals surface area (Å²) in [6.45, 7) is 5.65. The monoisotopic (exact) mass is 287 g/mol. The first-order valence-electron chi connectivity index (χ1n) is 7.10. The molecule has 2 aromatic carbocycles. The van der Waals surface area contributed by atoms with Crippen molar-refractivity contribution in [2.24, 2.45) is 0 Å². The zero-order valence-electron chi connectivity index (χ0n) is 12.6. The highest BCUT2D eigenvalue weighted by atomic mass is 16.6. The van der Waals surface area contributed by atoms with E-state index in [9.17, 15) is 4.79 Å². The maximum absolute atomic E-state index is 11.1. The van der Waals surface area contributed by atoms with Crippen molar-refractivity contribution in [2.75, 3.05) is 6.61 Å². The predicted molar refractivity (Wildman–Crippen MR) is 83.3 cm³/mol. The first-order valence-corrected chi connectivity index (χ1v) is 7.10. The second kappa shape index (κ2) is 7.09. The molecule has 0 bridgehead atoms. The normalized spacial score (nSPS) is 12.4. The first-order chi connectivity index (χ1) is 10.1. The third-order valence-electron chi connectivity index (χ3n) is 2.97. The molecule has 4 nitrogen and oxygen atoms in total. The molecule has 0 heterocycles. The number of nitrogens with one attached hydrogen (secondary N) is 1. The Morgan fingerprint density at radius 2 is 1.86 bits per heavy atom. The van der Waals surface area contributed by atoms with Gasteiger partial charge in [0.15, 0.2) is 6.23 Å². The van der Waals surface area contributed by atoms with Gasteiger partial charge in [0.05, 0.1) is 0 Å². The number of ether oxygens (including phenoxy) is 2. The van der Waals surface area contributed by atoms with Crippen molar-refractivity contribution in [2.45, 2.75) is 33.0 Å². The Morgan fingerprint density at radius 3 is 2.57 bits per heavy atom. The van der Waals surface area contributed by atoms with Crippen molar-refractivity contribution in [1.29, 1.82) is 0 Å². The minimum Gasteiger partial charge on any atom is -0.488 e. The van der Waals surface area contributed by atoms with Gasteiger partial charge in [-0.1, -0.05) is 36.4 Å². The van der Waals surface area contributed by atoms with Gasteiger partial charge >= 0.3 is 5.97 Å². The molecule has 0 saturated heterocycles. The second-order valence-corrected chi connectivity index (χ2v) is 5.21. The van der Waals surface area contributed by atoms with E-state index < -0.39 is 6.23 Å². The summed E-state index contributed by atoms with van der Waals surface area (Å²) in [5.74, 6) is 0.463. The number of esters is 1. The molecule has 0 saturated carbocycles. The quantitative estimate of drug-likeness (QED) is 0.655. The highest BCUT2D eigenvalue weighted by Crippen LogP contribution is 2.25. The van der Waals surface area contributed by atoms with Crippen LogP contribution in [-0.4, -0.2) is 24.8 Å². The third kappa shape index (κ3) is 4.46. The van der Waals surface area contributed by atoms with Crippen LogP contribution in [0.15, 0.2) is 42.5 Å². The van der Waals surface area contributed by atoms with Crippen LogP contribution in [0, 0.1) is 0 Å². The fraction of sp³-hybridized carbons (Fsp3) is 0.353. The van der Waals surface area contributed by atoms with E-state index in [-0.39, 0.29) is 18.6 Å². The zero-order valence-corrected chi connectivity index (χ0v) is 12.6. The number of benzene rings is 2. The maximum Gasteiger partial charge on any atom is 0.304 e. The molecule has 0 spiro atoms. The Kier molecular flexibility index (Phi) is 5.17. The van der Waals surface area contributed by atoms with Gasteiger partial charge in [-0.2, -0.15) is 0 Å². The number of carbonyl (C=O) groups is 1. The maximum atomic E-state index is 11.1. The summed E-state index contributed by atoms with van der Waals surface area (Å²) in [4.78, 5) is 11.1. The summed E-state index contributed by atoms with van der Waals surface area (Å²) < 4.78 is 11.1. The van der Waals surface area contributed by atoms with Crippen molar-refractivity contribution in [1.82, 2.24) is 5.32 Å². The van der Waals surface area contributed by atoms with Crippen LogP contribution in [0.1, 0.15) is 20.8 Å². The Hall–Kier alpha value is -2.07. The molecule has 21 heavy (non-hydrogen) atoms. The van der Waals surface area contributed by atoms with Crippen molar-refractivity contribution >= 4 is 16.7 Å². The highest BCUT2D eigenvalue weighted by molar-refractivity contribution is 5.88. The summed E-state index contributed by atoms with van der Waals surface area (Å²) in [7, 11) is 0. The number of fused-ring (bicyclic) bond motifs is 1. The summed E-state index contributed by atoms with van der Waals surface area (Å²) >= 11 is 0. The number of carbonyl (C=O) groups excluding carboxylic acids is 1. The van der Waals surface area contributed by atoms with Gasteiger partial charge in [-0.25, -0.2) is 0 Å². The van der Waals surface area contributed by atoms with Crippen molar-refractivity contribution in [3.63, 3.8) is 0 Å². The van der Waals surface area contributed by atoms with Crippen LogP contribution in [0.3, 0.4) is 0 Å². The molecule has 0 amide bonds. The predicted octanol–water partition coefficient (Wildman–Crippen LogP) is 3.11. The lowest BCUT2D eigenvalue weighted by atomic mass is 10.1. The van der Waals surface area contributed by atoms with Gasteiger partial charge in [0.25, 0.3) is 0 Å². The summed E-state index contributed by atoms with van der Waals surface area (Å²) in [6, 6.07) is 14.1. The Balaban J connectivity index is 2.09. The van der Waals surface area contributed by atoms with Gasteiger partial charge in [0.1, 0.15) is 12.4 Å². The lowest BCUT2D eigenvalue weighted by Gasteiger charge is -2.21. The largest absolute Gasteiger partial charge is 0.488 e. The Labute approximate surface area is 125 Å². The van der Waals surface area contributed by atoms with Crippen molar-refractivity contribution < 1.29 is 14.3 Å². The number of hydrogen-bond acceptors (Lipinski definition) is 4. The van der Waals surface area contributed by atoms with Crippen LogP contribution in [0.5, 0.6) is 5.75 Å². The van der Waals surface area contributed by atoms with Gasteiger partial charge in [-0.3, -0.25) is 10.1 Å². The summed E-state index contributed by atoms with van der Waals surface area (Å²) in [6.07, 6.45) is -0.457. The van der Waals surface area contributed by atoms with Crippen molar-refractivity contribution in [3.8, 4) is 5.75 Å². The van der Waals surface area contributed by atoms with Gasteiger partial charge in [0, 0.05) is 18.4 Å². The Bertz CT molecular complexity index is 605. The fourth-order valence-corrected chi connectivity index (χ4v) is 2.18. The second-order valence-electron chi connectivity index (χ2n) is 5.21. The van der Waals surface area contributed by atoms with E-state index in [1.165, 1.54) is 6.92 Å². The van der Waals surface area contributed by atoms with Crippen LogP contribution in [0.4, 0.5) is 0 Å². The minimum absolute atomic E-state index is 0.200. The molecule has 0 fully saturated rings. The lowest BCUT2D eigenvalue weighted by Crippen LogP contribution is -2.42. The molecule has 2 aromatic rings. The molecule has 1 N–H and O–H groups in total. The van der Waals surface area contributed by atoms with Crippen LogP contribution < -0.4 is 10.1 Å². The molecule has 1 atom stereocenters. The molecule has 2 rings (SSSR count). The zero-order chi connectivity index (χ0) is 15.2. The van der Waals surface area contributed by atoms with Gasteiger partial charge in [0.2, 0.25) is 0 Å². The number of rotatable bonds is 6.